The van der Waals surface area contributed by atoms with E-state index in [1.807, 2.05) is 0 Å². The molecule has 2 fully saturated rings. The van der Waals surface area contributed by atoms with Gasteiger partial charge in [0.15, 0.2) is 0 Å². The summed E-state index contributed by atoms with van der Waals surface area (Å²) in [6.07, 6.45) is 6.11. The lowest BCUT2D eigenvalue weighted by atomic mass is 9.74. The van der Waals surface area contributed by atoms with Crippen LogP contribution in [0.15, 0.2) is 0 Å². The van der Waals surface area contributed by atoms with Gasteiger partial charge in [-0.2, -0.15) is 0 Å². The molecular weight excluding hydrogens is 174 g/mol. The molecule has 2 aliphatic rings. The smallest absolute Gasteiger partial charge is 0.148 e. The highest BCUT2D eigenvalue weighted by Crippen LogP contribution is 2.39. The SMILES string of the molecule is CC1CCCCC1(C)N1CCC(=O)C1. The minimum absolute atomic E-state index is 0.310. The molecule has 1 aliphatic carbocycles. The molecule has 1 heterocycles. The van der Waals surface area contributed by atoms with E-state index in [0.717, 1.165) is 18.9 Å². The minimum atomic E-state index is 0.310. The first-order chi connectivity index (χ1) is 6.63. The lowest BCUT2D eigenvalue weighted by Gasteiger charge is -2.46. The van der Waals surface area contributed by atoms with Gasteiger partial charge in [-0.05, 0) is 25.7 Å². The number of carbonyl (C=O) groups is 1. The lowest BCUT2D eigenvalue weighted by Crippen LogP contribution is -2.51. The average Bonchev–Trinajstić information content (AvgIpc) is 2.58. The number of rotatable bonds is 1. The highest BCUT2D eigenvalue weighted by molar-refractivity contribution is 5.82. The van der Waals surface area contributed by atoms with Gasteiger partial charge in [0.2, 0.25) is 0 Å². The van der Waals surface area contributed by atoms with Crippen molar-refractivity contribution in [2.75, 3.05) is 13.1 Å². The Morgan fingerprint density at radius 1 is 1.43 bits per heavy atom. The van der Waals surface area contributed by atoms with Gasteiger partial charge in [-0.15, -0.1) is 0 Å². The molecular formula is C12H21NO. The normalized spacial score (nSPS) is 40.4. The summed E-state index contributed by atoms with van der Waals surface area (Å²) in [5.41, 5.74) is 0.310. The van der Waals surface area contributed by atoms with E-state index >= 15 is 0 Å². The van der Waals surface area contributed by atoms with E-state index in [2.05, 4.69) is 18.7 Å². The van der Waals surface area contributed by atoms with Crippen LogP contribution in [-0.2, 0) is 4.79 Å². The third kappa shape index (κ3) is 1.60. The van der Waals surface area contributed by atoms with Crippen molar-refractivity contribution in [1.29, 1.82) is 0 Å². The summed E-state index contributed by atoms with van der Waals surface area (Å²) in [6.45, 7) is 6.41. The van der Waals surface area contributed by atoms with Crippen LogP contribution in [0.3, 0.4) is 0 Å². The van der Waals surface area contributed by atoms with E-state index in [-0.39, 0.29) is 0 Å². The first-order valence-electron chi connectivity index (χ1n) is 5.90. The summed E-state index contributed by atoms with van der Waals surface area (Å²) in [5.74, 6) is 1.19. The van der Waals surface area contributed by atoms with Crippen LogP contribution in [0.4, 0.5) is 0 Å². The van der Waals surface area contributed by atoms with Crippen molar-refractivity contribution in [3.05, 3.63) is 0 Å². The van der Waals surface area contributed by atoms with Crippen molar-refractivity contribution < 1.29 is 4.79 Å². The molecule has 80 valence electrons. The molecule has 2 nitrogen and oxygen atoms in total. The van der Waals surface area contributed by atoms with Crippen LogP contribution in [0.2, 0.25) is 0 Å². The molecule has 2 atom stereocenters. The quantitative estimate of drug-likeness (QED) is 0.639. The monoisotopic (exact) mass is 195 g/mol. The maximum absolute atomic E-state index is 11.3. The molecule has 2 unspecified atom stereocenters. The van der Waals surface area contributed by atoms with Gasteiger partial charge in [0.05, 0.1) is 6.54 Å². The Morgan fingerprint density at radius 2 is 2.21 bits per heavy atom. The summed E-state index contributed by atoms with van der Waals surface area (Å²) in [4.78, 5) is 13.7. The Morgan fingerprint density at radius 3 is 2.79 bits per heavy atom. The Balaban J connectivity index is 2.09. The maximum Gasteiger partial charge on any atom is 0.148 e. The highest BCUT2D eigenvalue weighted by atomic mass is 16.1. The first kappa shape index (κ1) is 10.2. The van der Waals surface area contributed by atoms with Crippen LogP contribution < -0.4 is 0 Å². The third-order valence-corrected chi connectivity index (χ3v) is 4.38. The molecule has 0 aromatic rings. The molecule has 0 aromatic heterocycles. The Bertz CT molecular complexity index is 238. The summed E-state index contributed by atoms with van der Waals surface area (Å²) in [7, 11) is 0. The van der Waals surface area contributed by atoms with Crippen molar-refractivity contribution in [3.63, 3.8) is 0 Å². The summed E-state index contributed by atoms with van der Waals surface area (Å²) in [5, 5.41) is 0. The average molecular weight is 195 g/mol. The zero-order valence-corrected chi connectivity index (χ0v) is 9.38. The standard InChI is InChI=1S/C12H21NO/c1-10-5-3-4-7-12(10,2)13-8-6-11(14)9-13/h10H,3-9H2,1-2H3. The van der Waals surface area contributed by atoms with Crippen LogP contribution >= 0.6 is 0 Å². The maximum atomic E-state index is 11.3. The second-order valence-electron chi connectivity index (χ2n) is 5.21. The summed E-state index contributed by atoms with van der Waals surface area (Å²) < 4.78 is 0. The Labute approximate surface area is 86.7 Å². The molecule has 0 N–H and O–H groups in total. The zero-order chi connectivity index (χ0) is 10.2. The number of hydrogen-bond donors (Lipinski definition) is 0. The van der Waals surface area contributed by atoms with E-state index in [1.54, 1.807) is 0 Å². The molecule has 14 heavy (non-hydrogen) atoms. The van der Waals surface area contributed by atoms with Crippen LogP contribution in [0.25, 0.3) is 0 Å². The van der Waals surface area contributed by atoms with E-state index in [9.17, 15) is 4.79 Å². The first-order valence-corrected chi connectivity index (χ1v) is 5.90. The van der Waals surface area contributed by atoms with Gasteiger partial charge in [0, 0.05) is 18.5 Å². The fraction of sp³-hybridized carbons (Fsp3) is 0.917. The molecule has 1 saturated heterocycles. The van der Waals surface area contributed by atoms with Gasteiger partial charge in [-0.3, -0.25) is 9.69 Å². The number of nitrogens with zero attached hydrogens (tertiary/aromatic N) is 1. The second-order valence-corrected chi connectivity index (χ2v) is 5.21. The Kier molecular flexibility index (Phi) is 2.65. The molecule has 0 bridgehead atoms. The predicted octanol–water partition coefficient (Wildman–Crippen LogP) is 2.23. The Hall–Kier alpha value is -0.370. The largest absolute Gasteiger partial charge is 0.298 e. The molecule has 0 aromatic carbocycles. The predicted molar refractivity (Wildman–Crippen MR) is 57.2 cm³/mol. The van der Waals surface area contributed by atoms with Crippen LogP contribution in [0, 0.1) is 5.92 Å². The van der Waals surface area contributed by atoms with Crippen molar-refractivity contribution in [1.82, 2.24) is 4.90 Å². The summed E-state index contributed by atoms with van der Waals surface area (Å²) >= 11 is 0. The van der Waals surface area contributed by atoms with E-state index < -0.39 is 0 Å². The van der Waals surface area contributed by atoms with E-state index in [1.165, 1.54) is 25.7 Å². The third-order valence-electron chi connectivity index (χ3n) is 4.38. The molecule has 2 heteroatoms. The van der Waals surface area contributed by atoms with Crippen molar-refractivity contribution in [2.45, 2.75) is 51.5 Å². The van der Waals surface area contributed by atoms with Crippen molar-refractivity contribution >= 4 is 5.78 Å². The van der Waals surface area contributed by atoms with E-state index in [4.69, 9.17) is 0 Å². The van der Waals surface area contributed by atoms with Gasteiger partial charge in [-0.1, -0.05) is 19.8 Å². The molecule has 0 radical (unpaired) electrons. The van der Waals surface area contributed by atoms with Crippen LogP contribution in [-0.4, -0.2) is 29.3 Å². The number of carbonyl (C=O) groups excluding carboxylic acids is 1. The molecule has 1 saturated carbocycles. The van der Waals surface area contributed by atoms with Gasteiger partial charge in [0.25, 0.3) is 0 Å². The van der Waals surface area contributed by atoms with Gasteiger partial charge >= 0.3 is 0 Å². The topological polar surface area (TPSA) is 20.3 Å². The second kappa shape index (κ2) is 3.65. The summed E-state index contributed by atoms with van der Waals surface area (Å²) in [6, 6.07) is 0. The minimum Gasteiger partial charge on any atom is -0.298 e. The van der Waals surface area contributed by atoms with Gasteiger partial charge < -0.3 is 0 Å². The van der Waals surface area contributed by atoms with Crippen LogP contribution in [0.1, 0.15) is 46.0 Å². The number of likely N-dealkylation sites (tertiary alicyclic amines) is 1. The fourth-order valence-electron chi connectivity index (χ4n) is 3.03. The lowest BCUT2D eigenvalue weighted by molar-refractivity contribution is -0.117. The fourth-order valence-corrected chi connectivity index (χ4v) is 3.03. The number of Topliss-reactive ketones (excluding diaryl/α,β-unsaturated/α-hetero) is 1. The molecule has 0 spiro atoms. The van der Waals surface area contributed by atoms with Crippen molar-refractivity contribution in [3.8, 4) is 0 Å². The van der Waals surface area contributed by atoms with Crippen LogP contribution in [0.5, 0.6) is 0 Å². The molecule has 0 amide bonds. The van der Waals surface area contributed by atoms with Gasteiger partial charge in [-0.25, -0.2) is 0 Å². The van der Waals surface area contributed by atoms with Crippen molar-refractivity contribution in [2.24, 2.45) is 5.92 Å². The number of ketones is 1. The molecule has 2 rings (SSSR count). The van der Waals surface area contributed by atoms with E-state index in [0.29, 0.717) is 17.9 Å². The zero-order valence-electron chi connectivity index (χ0n) is 9.38. The molecule has 1 aliphatic heterocycles. The van der Waals surface area contributed by atoms with Gasteiger partial charge in [0.1, 0.15) is 5.78 Å². The number of hydrogen-bond acceptors (Lipinski definition) is 2. The highest BCUT2D eigenvalue weighted by Gasteiger charge is 2.41.